The van der Waals surface area contributed by atoms with Crippen molar-refractivity contribution in [2.45, 2.75) is 13.5 Å². The molecule has 0 aliphatic heterocycles. The van der Waals surface area contributed by atoms with E-state index in [1.807, 2.05) is 13.1 Å². The van der Waals surface area contributed by atoms with Gasteiger partial charge in [0.2, 0.25) is 5.28 Å². The molecule has 0 amide bonds. The fourth-order valence-corrected chi connectivity index (χ4v) is 2.04. The third-order valence-corrected chi connectivity index (χ3v) is 3.02. The van der Waals surface area contributed by atoms with E-state index < -0.39 is 0 Å². The minimum absolute atomic E-state index is 0.0576. The summed E-state index contributed by atoms with van der Waals surface area (Å²) in [7, 11) is 0. The number of rotatable bonds is 3. The molecule has 2 aromatic heterocycles. The van der Waals surface area contributed by atoms with Crippen LogP contribution < -0.4 is 5.32 Å². The topological polar surface area (TPSA) is 63.6 Å². The maximum Gasteiger partial charge on any atom is 0.245 e. The lowest BCUT2D eigenvalue weighted by Gasteiger charge is -2.03. The van der Waals surface area contributed by atoms with Crippen molar-refractivity contribution in [2.24, 2.45) is 0 Å². The van der Waals surface area contributed by atoms with E-state index in [1.54, 1.807) is 11.3 Å². The SMILES string of the molecule is Cc1cnc(CNc2nc(Cl)nnc2Cl)s1. The summed E-state index contributed by atoms with van der Waals surface area (Å²) in [5.41, 5.74) is 0. The van der Waals surface area contributed by atoms with Crippen LogP contribution in [0.15, 0.2) is 6.20 Å². The molecule has 0 aliphatic rings. The van der Waals surface area contributed by atoms with Crippen molar-refractivity contribution in [2.75, 3.05) is 5.32 Å². The molecule has 0 unspecified atom stereocenters. The van der Waals surface area contributed by atoms with Gasteiger partial charge >= 0.3 is 0 Å². The summed E-state index contributed by atoms with van der Waals surface area (Å²) in [6, 6.07) is 0. The average Bonchev–Trinajstić information content (AvgIpc) is 2.66. The molecule has 1 N–H and O–H groups in total. The number of nitrogens with one attached hydrogen (secondary N) is 1. The third-order valence-electron chi connectivity index (χ3n) is 1.70. The lowest BCUT2D eigenvalue weighted by atomic mass is 10.6. The summed E-state index contributed by atoms with van der Waals surface area (Å²) in [6.07, 6.45) is 1.81. The van der Waals surface area contributed by atoms with Gasteiger partial charge < -0.3 is 5.32 Å². The maximum absolute atomic E-state index is 5.79. The van der Waals surface area contributed by atoms with Crippen LogP contribution in [0.25, 0.3) is 0 Å². The van der Waals surface area contributed by atoms with Crippen LogP contribution in [-0.2, 0) is 6.54 Å². The van der Waals surface area contributed by atoms with Gasteiger partial charge in [-0.15, -0.1) is 21.5 Å². The molecule has 0 aliphatic carbocycles. The molecule has 2 rings (SSSR count). The second-order valence-corrected chi connectivity index (χ2v) is 4.95. The van der Waals surface area contributed by atoms with Gasteiger partial charge in [-0.05, 0) is 18.5 Å². The fourth-order valence-electron chi connectivity index (χ4n) is 1.05. The van der Waals surface area contributed by atoms with Crippen molar-refractivity contribution < 1.29 is 0 Å². The molecular formula is C8H7Cl2N5S. The van der Waals surface area contributed by atoms with Crippen LogP contribution in [0.2, 0.25) is 10.4 Å². The molecule has 84 valence electrons. The summed E-state index contributed by atoms with van der Waals surface area (Å²) < 4.78 is 0. The lowest BCUT2D eigenvalue weighted by molar-refractivity contribution is 0.956. The number of aryl methyl sites for hydroxylation is 1. The lowest BCUT2D eigenvalue weighted by Crippen LogP contribution is -2.03. The molecular weight excluding hydrogens is 269 g/mol. The van der Waals surface area contributed by atoms with Crippen LogP contribution in [0.1, 0.15) is 9.88 Å². The Kier molecular flexibility index (Phi) is 3.52. The Hall–Kier alpha value is -0.980. The number of anilines is 1. The monoisotopic (exact) mass is 275 g/mol. The maximum atomic E-state index is 5.79. The highest BCUT2D eigenvalue weighted by molar-refractivity contribution is 7.11. The zero-order valence-corrected chi connectivity index (χ0v) is 10.6. The van der Waals surface area contributed by atoms with E-state index in [1.165, 1.54) is 0 Å². The first kappa shape index (κ1) is 11.5. The van der Waals surface area contributed by atoms with Crippen LogP contribution in [0.4, 0.5) is 5.82 Å². The van der Waals surface area contributed by atoms with Crippen LogP contribution in [-0.4, -0.2) is 20.2 Å². The highest BCUT2D eigenvalue weighted by Gasteiger charge is 2.06. The highest BCUT2D eigenvalue weighted by atomic mass is 35.5. The van der Waals surface area contributed by atoms with Gasteiger partial charge in [0.15, 0.2) is 11.0 Å². The van der Waals surface area contributed by atoms with Crippen molar-refractivity contribution in [3.63, 3.8) is 0 Å². The zero-order chi connectivity index (χ0) is 11.5. The van der Waals surface area contributed by atoms with Crippen LogP contribution >= 0.6 is 34.5 Å². The van der Waals surface area contributed by atoms with Crippen molar-refractivity contribution in [3.8, 4) is 0 Å². The van der Waals surface area contributed by atoms with E-state index in [2.05, 4.69) is 25.5 Å². The molecule has 0 bridgehead atoms. The standard InChI is InChI=1S/C8H7Cl2N5S/c1-4-2-11-5(16-4)3-12-7-6(9)14-15-8(10)13-7/h2H,3H2,1H3,(H,12,13,15). The van der Waals surface area contributed by atoms with E-state index >= 15 is 0 Å². The van der Waals surface area contributed by atoms with Crippen LogP contribution in [0, 0.1) is 6.92 Å². The van der Waals surface area contributed by atoms with Crippen molar-refractivity contribution in [1.82, 2.24) is 20.2 Å². The van der Waals surface area contributed by atoms with Gasteiger partial charge in [-0.3, -0.25) is 0 Å². The molecule has 0 saturated heterocycles. The number of nitrogens with zero attached hydrogens (tertiary/aromatic N) is 4. The Labute approximate surface area is 106 Å². The Bertz CT molecular complexity index is 501. The van der Waals surface area contributed by atoms with Gasteiger partial charge in [0.05, 0.1) is 6.54 Å². The number of hydrogen-bond donors (Lipinski definition) is 1. The minimum Gasteiger partial charge on any atom is -0.361 e. The Morgan fingerprint density at radius 3 is 2.88 bits per heavy atom. The van der Waals surface area contributed by atoms with Gasteiger partial charge in [-0.25, -0.2) is 4.98 Å². The molecule has 5 nitrogen and oxygen atoms in total. The number of aromatic nitrogens is 4. The molecule has 0 aromatic carbocycles. The summed E-state index contributed by atoms with van der Waals surface area (Å²) >= 11 is 13.0. The molecule has 2 heterocycles. The second-order valence-electron chi connectivity index (χ2n) is 2.94. The van der Waals surface area contributed by atoms with Gasteiger partial charge in [-0.1, -0.05) is 11.6 Å². The fraction of sp³-hybridized carbons (Fsp3) is 0.250. The first-order valence-corrected chi connectivity index (χ1v) is 5.93. The largest absolute Gasteiger partial charge is 0.361 e. The molecule has 8 heteroatoms. The Morgan fingerprint density at radius 2 is 2.19 bits per heavy atom. The van der Waals surface area contributed by atoms with Crippen molar-refractivity contribution in [1.29, 1.82) is 0 Å². The number of hydrogen-bond acceptors (Lipinski definition) is 6. The normalized spacial score (nSPS) is 10.4. The first-order valence-electron chi connectivity index (χ1n) is 4.36. The summed E-state index contributed by atoms with van der Waals surface area (Å²) in [6.45, 7) is 2.53. The van der Waals surface area contributed by atoms with E-state index in [0.29, 0.717) is 12.4 Å². The molecule has 0 atom stereocenters. The van der Waals surface area contributed by atoms with Gasteiger partial charge in [0.25, 0.3) is 0 Å². The van der Waals surface area contributed by atoms with E-state index in [0.717, 1.165) is 9.88 Å². The highest BCUT2D eigenvalue weighted by Crippen LogP contribution is 2.18. The molecule has 0 spiro atoms. The van der Waals surface area contributed by atoms with Gasteiger partial charge in [0.1, 0.15) is 5.01 Å². The van der Waals surface area contributed by atoms with E-state index in [4.69, 9.17) is 23.2 Å². The van der Waals surface area contributed by atoms with Crippen molar-refractivity contribution >= 4 is 40.4 Å². The summed E-state index contributed by atoms with van der Waals surface area (Å²) in [4.78, 5) is 9.27. The Balaban J connectivity index is 2.07. The van der Waals surface area contributed by atoms with Crippen molar-refractivity contribution in [3.05, 3.63) is 26.5 Å². The molecule has 0 radical (unpaired) electrons. The predicted molar refractivity (Wildman–Crippen MR) is 64.0 cm³/mol. The second kappa shape index (κ2) is 4.90. The average molecular weight is 276 g/mol. The number of halogens is 2. The molecule has 0 fully saturated rings. The molecule has 0 saturated carbocycles. The van der Waals surface area contributed by atoms with E-state index in [9.17, 15) is 0 Å². The zero-order valence-electron chi connectivity index (χ0n) is 8.24. The van der Waals surface area contributed by atoms with Gasteiger partial charge in [0, 0.05) is 11.1 Å². The summed E-state index contributed by atoms with van der Waals surface area (Å²) in [5, 5.41) is 11.4. The van der Waals surface area contributed by atoms with Crippen LogP contribution in [0.3, 0.4) is 0 Å². The quantitative estimate of drug-likeness (QED) is 0.933. The predicted octanol–water partition coefficient (Wildman–Crippen LogP) is 2.56. The van der Waals surface area contributed by atoms with Gasteiger partial charge in [-0.2, -0.15) is 4.98 Å². The minimum atomic E-state index is 0.0576. The molecule has 16 heavy (non-hydrogen) atoms. The van der Waals surface area contributed by atoms with E-state index in [-0.39, 0.29) is 10.4 Å². The summed E-state index contributed by atoms with van der Waals surface area (Å²) in [5.74, 6) is 0.412. The number of thiazole rings is 1. The smallest absolute Gasteiger partial charge is 0.245 e. The third kappa shape index (κ3) is 2.78. The van der Waals surface area contributed by atoms with Crippen LogP contribution in [0.5, 0.6) is 0 Å². The molecule has 2 aromatic rings. The first-order chi connectivity index (χ1) is 7.65. The Morgan fingerprint density at radius 1 is 1.38 bits per heavy atom.